The standard InChI is InChI=1S/C50H51NO3S2/c1-7-28-53-29-27-51-37-20-16-35(17-21-37)50(36-18-22-38(52-4)23-19-36)26-25-40-47-46(41-31-44(55-5)45(56-6)32-42(41)48(40)54-50)39-24-15-34(33-13-11-10-12-14-33)30-43(39)49(47,8-2)9-3/h10-26,30-32,51H,7-9,27-29H2,1-6H3. The summed E-state index contributed by atoms with van der Waals surface area (Å²) >= 11 is 3.61. The maximum absolute atomic E-state index is 7.73. The van der Waals surface area contributed by atoms with Crippen LogP contribution in [-0.2, 0) is 15.8 Å². The number of hydrogen-bond donors (Lipinski definition) is 1. The minimum Gasteiger partial charge on any atom is -0.497 e. The molecule has 6 aromatic carbocycles. The molecule has 0 aromatic heterocycles. The van der Waals surface area contributed by atoms with E-state index in [0.29, 0.717) is 6.61 Å². The molecule has 0 saturated carbocycles. The van der Waals surface area contributed by atoms with Crippen LogP contribution in [0.15, 0.2) is 125 Å². The number of nitrogens with one attached hydrogen (secondary N) is 1. The van der Waals surface area contributed by atoms with E-state index in [1.54, 1.807) is 18.9 Å². The molecule has 0 bridgehead atoms. The number of thioether (sulfide) groups is 2. The highest BCUT2D eigenvalue weighted by molar-refractivity contribution is 8.01. The topological polar surface area (TPSA) is 39.7 Å². The molecule has 0 fully saturated rings. The Morgan fingerprint density at radius 2 is 1.39 bits per heavy atom. The van der Waals surface area contributed by atoms with Crippen LogP contribution in [0.2, 0.25) is 0 Å². The van der Waals surface area contributed by atoms with Gasteiger partial charge in [-0.05, 0) is 119 Å². The SMILES string of the molecule is CCCOCCNc1ccc(C2(c3ccc(OC)cc3)C=Cc3c4c(c5cc(SC)c(SC)cc5c3O2)-c2ccc(-c3ccccc3)cc2C4(CC)CC)cc1. The largest absolute Gasteiger partial charge is 0.497 e. The first-order valence-electron chi connectivity index (χ1n) is 19.9. The van der Waals surface area contributed by atoms with Gasteiger partial charge in [0.05, 0.1) is 13.7 Å². The molecule has 1 atom stereocenters. The van der Waals surface area contributed by atoms with E-state index in [1.807, 2.05) is 23.9 Å². The van der Waals surface area contributed by atoms with Crippen LogP contribution < -0.4 is 14.8 Å². The fourth-order valence-corrected chi connectivity index (χ4v) is 10.5. The quantitative estimate of drug-likeness (QED) is 0.0877. The zero-order chi connectivity index (χ0) is 38.9. The lowest BCUT2D eigenvalue weighted by molar-refractivity contribution is 0.144. The number of methoxy groups -OCH3 is 1. The maximum Gasteiger partial charge on any atom is 0.178 e. The molecule has 286 valence electrons. The van der Waals surface area contributed by atoms with Crippen molar-refractivity contribution in [3.63, 3.8) is 0 Å². The lowest BCUT2D eigenvalue weighted by Gasteiger charge is -2.39. The van der Waals surface area contributed by atoms with Gasteiger partial charge in [0.15, 0.2) is 5.60 Å². The van der Waals surface area contributed by atoms with E-state index in [4.69, 9.17) is 14.2 Å². The molecule has 6 heteroatoms. The maximum atomic E-state index is 7.73. The highest BCUT2D eigenvalue weighted by Crippen LogP contribution is 2.61. The smallest absolute Gasteiger partial charge is 0.178 e. The van der Waals surface area contributed by atoms with Gasteiger partial charge in [-0.1, -0.05) is 93.6 Å². The predicted molar refractivity (Wildman–Crippen MR) is 239 cm³/mol. The molecule has 1 heterocycles. The van der Waals surface area contributed by atoms with Gasteiger partial charge in [-0.15, -0.1) is 23.5 Å². The second-order valence-electron chi connectivity index (χ2n) is 14.7. The second kappa shape index (κ2) is 16.1. The van der Waals surface area contributed by atoms with E-state index in [-0.39, 0.29) is 5.41 Å². The molecule has 0 amide bonds. The third kappa shape index (κ3) is 6.40. The monoisotopic (exact) mass is 777 g/mol. The van der Waals surface area contributed by atoms with Crippen LogP contribution >= 0.6 is 23.5 Å². The van der Waals surface area contributed by atoms with Gasteiger partial charge >= 0.3 is 0 Å². The van der Waals surface area contributed by atoms with Gasteiger partial charge < -0.3 is 19.5 Å². The van der Waals surface area contributed by atoms with E-state index >= 15 is 0 Å². The van der Waals surface area contributed by atoms with Crippen LogP contribution in [0, 0.1) is 0 Å². The van der Waals surface area contributed by atoms with Crippen molar-refractivity contribution in [3.8, 4) is 33.8 Å². The third-order valence-electron chi connectivity index (χ3n) is 11.9. The summed E-state index contributed by atoms with van der Waals surface area (Å²) in [6.07, 6.45) is 12.0. The molecule has 8 rings (SSSR count). The van der Waals surface area contributed by atoms with Crippen molar-refractivity contribution in [2.75, 3.05) is 44.7 Å². The molecule has 0 saturated heterocycles. The normalized spacial score (nSPS) is 16.2. The van der Waals surface area contributed by atoms with Gasteiger partial charge in [-0.2, -0.15) is 0 Å². The molecule has 4 nitrogen and oxygen atoms in total. The summed E-state index contributed by atoms with van der Waals surface area (Å²) in [5, 5.41) is 5.93. The first kappa shape index (κ1) is 38.3. The minimum atomic E-state index is -0.881. The highest BCUT2D eigenvalue weighted by Gasteiger charge is 2.47. The summed E-state index contributed by atoms with van der Waals surface area (Å²) in [5.74, 6) is 1.76. The number of hydrogen-bond acceptors (Lipinski definition) is 6. The Hall–Kier alpha value is -4.62. The van der Waals surface area contributed by atoms with Crippen molar-refractivity contribution in [1.29, 1.82) is 0 Å². The van der Waals surface area contributed by atoms with Crippen molar-refractivity contribution in [3.05, 3.63) is 143 Å². The van der Waals surface area contributed by atoms with Gasteiger partial charge in [0.1, 0.15) is 11.5 Å². The fraction of sp³-hybridized carbons (Fsp3) is 0.280. The summed E-state index contributed by atoms with van der Waals surface area (Å²) in [4.78, 5) is 2.55. The molecule has 0 spiro atoms. The number of rotatable bonds is 14. The van der Waals surface area contributed by atoms with Gasteiger partial charge in [-0.25, -0.2) is 0 Å². The summed E-state index contributed by atoms with van der Waals surface area (Å²) in [6.45, 7) is 9.07. The highest BCUT2D eigenvalue weighted by atomic mass is 32.2. The zero-order valence-electron chi connectivity index (χ0n) is 33.3. The minimum absolute atomic E-state index is 0.187. The Morgan fingerprint density at radius 3 is 2.04 bits per heavy atom. The molecular formula is C50H51NO3S2. The molecule has 1 aliphatic heterocycles. The Kier molecular flexibility index (Phi) is 11.0. The van der Waals surface area contributed by atoms with Gasteiger partial charge in [0.2, 0.25) is 0 Å². The van der Waals surface area contributed by atoms with Gasteiger partial charge in [0, 0.05) is 56.1 Å². The molecule has 1 N–H and O–H groups in total. The third-order valence-corrected chi connectivity index (χ3v) is 13.6. The Balaban J connectivity index is 1.36. The molecule has 2 aliphatic rings. The van der Waals surface area contributed by atoms with Crippen LogP contribution in [-0.4, -0.2) is 39.4 Å². The summed E-state index contributed by atoms with van der Waals surface area (Å²) in [7, 11) is 1.71. The Bertz CT molecular complexity index is 2380. The molecule has 56 heavy (non-hydrogen) atoms. The predicted octanol–water partition coefficient (Wildman–Crippen LogP) is 13.2. The lowest BCUT2D eigenvalue weighted by atomic mass is 9.70. The first-order valence-corrected chi connectivity index (χ1v) is 22.3. The second-order valence-corrected chi connectivity index (χ2v) is 16.4. The Morgan fingerprint density at radius 1 is 0.714 bits per heavy atom. The van der Waals surface area contributed by atoms with Crippen molar-refractivity contribution in [1.82, 2.24) is 0 Å². The van der Waals surface area contributed by atoms with E-state index < -0.39 is 5.60 Å². The molecule has 1 unspecified atom stereocenters. The molecular weight excluding hydrogens is 727 g/mol. The number of benzene rings is 6. The van der Waals surface area contributed by atoms with Crippen molar-refractivity contribution in [2.24, 2.45) is 0 Å². The number of anilines is 1. The Labute approximate surface area is 341 Å². The van der Waals surface area contributed by atoms with Crippen LogP contribution in [0.3, 0.4) is 0 Å². The zero-order valence-corrected chi connectivity index (χ0v) is 35.0. The molecule has 0 radical (unpaired) electrons. The van der Waals surface area contributed by atoms with Crippen LogP contribution in [0.1, 0.15) is 67.9 Å². The van der Waals surface area contributed by atoms with E-state index in [2.05, 4.69) is 148 Å². The van der Waals surface area contributed by atoms with E-state index in [9.17, 15) is 0 Å². The van der Waals surface area contributed by atoms with Gasteiger partial charge in [0.25, 0.3) is 0 Å². The van der Waals surface area contributed by atoms with Crippen LogP contribution in [0.4, 0.5) is 5.69 Å². The molecule has 1 aliphatic carbocycles. The van der Waals surface area contributed by atoms with Crippen molar-refractivity contribution in [2.45, 2.75) is 60.8 Å². The number of ether oxygens (including phenoxy) is 3. The van der Waals surface area contributed by atoms with Crippen molar-refractivity contribution >= 4 is 46.1 Å². The average Bonchev–Trinajstić information content (AvgIpc) is 3.56. The average molecular weight is 778 g/mol. The van der Waals surface area contributed by atoms with Crippen LogP contribution in [0.25, 0.3) is 39.1 Å². The lowest BCUT2D eigenvalue weighted by Crippen LogP contribution is -2.35. The van der Waals surface area contributed by atoms with E-state index in [0.717, 1.165) is 66.1 Å². The summed E-state index contributed by atoms with van der Waals surface area (Å²) < 4.78 is 19.1. The van der Waals surface area contributed by atoms with Crippen LogP contribution in [0.5, 0.6) is 11.5 Å². The fourth-order valence-electron chi connectivity index (χ4n) is 9.00. The first-order chi connectivity index (χ1) is 27.4. The molecule has 6 aromatic rings. The number of fused-ring (bicyclic) bond motifs is 8. The van der Waals surface area contributed by atoms with Gasteiger partial charge in [-0.3, -0.25) is 0 Å². The summed E-state index contributed by atoms with van der Waals surface area (Å²) in [6, 6.07) is 39.9. The van der Waals surface area contributed by atoms with Crippen molar-refractivity contribution < 1.29 is 14.2 Å². The summed E-state index contributed by atoms with van der Waals surface area (Å²) in [5.41, 5.74) is 11.3. The van der Waals surface area contributed by atoms with E-state index in [1.165, 1.54) is 54.1 Å².